The molecule has 7 heteroatoms. The summed E-state index contributed by atoms with van der Waals surface area (Å²) in [6.45, 7) is 10.0. The lowest BCUT2D eigenvalue weighted by atomic mass is 10.1. The smallest absolute Gasteiger partial charge is 0.234 e. The molecule has 3 heterocycles. The van der Waals surface area contributed by atoms with Crippen LogP contribution in [0.15, 0.2) is 42.7 Å². The van der Waals surface area contributed by atoms with Crippen LogP contribution >= 0.6 is 11.3 Å². The van der Waals surface area contributed by atoms with Crippen LogP contribution in [0, 0.1) is 0 Å². The Morgan fingerprint density at radius 3 is 2.67 bits per heavy atom. The number of hydrogen-bond donors (Lipinski definition) is 1. The van der Waals surface area contributed by atoms with Gasteiger partial charge < -0.3 is 10.2 Å². The second kappa shape index (κ2) is 8.70. The monoisotopic (exact) mass is 423 g/mol. The molecule has 1 saturated heterocycles. The maximum atomic E-state index is 12.3. The summed E-state index contributed by atoms with van der Waals surface area (Å²) >= 11 is 1.71. The topological polar surface area (TPSA) is 61.4 Å². The number of nitrogens with zero attached hydrogens (tertiary/aromatic N) is 4. The molecule has 30 heavy (non-hydrogen) atoms. The number of benzene rings is 1. The highest BCUT2D eigenvalue weighted by molar-refractivity contribution is 7.21. The van der Waals surface area contributed by atoms with Gasteiger partial charge in [-0.2, -0.15) is 0 Å². The van der Waals surface area contributed by atoms with Crippen LogP contribution < -0.4 is 10.2 Å². The van der Waals surface area contributed by atoms with Crippen molar-refractivity contribution >= 4 is 33.3 Å². The molecule has 0 bridgehead atoms. The van der Waals surface area contributed by atoms with Gasteiger partial charge in [0.15, 0.2) is 0 Å². The zero-order valence-corrected chi connectivity index (χ0v) is 18.7. The minimum absolute atomic E-state index is 0.0886. The van der Waals surface area contributed by atoms with E-state index in [1.54, 1.807) is 17.7 Å². The third kappa shape index (κ3) is 4.96. The third-order valence-electron chi connectivity index (χ3n) is 5.14. The highest BCUT2D eigenvalue weighted by Gasteiger charge is 2.22. The second-order valence-electron chi connectivity index (χ2n) is 8.81. The molecule has 0 aliphatic carbocycles. The Bertz CT molecular complexity index is 1010. The summed E-state index contributed by atoms with van der Waals surface area (Å²) in [5.74, 6) is 1.09. The molecule has 3 aromatic rings. The number of hydrogen-bond acceptors (Lipinski definition) is 6. The van der Waals surface area contributed by atoms with Gasteiger partial charge in [0.25, 0.3) is 0 Å². The van der Waals surface area contributed by atoms with Gasteiger partial charge >= 0.3 is 0 Å². The van der Waals surface area contributed by atoms with E-state index in [-0.39, 0.29) is 11.4 Å². The van der Waals surface area contributed by atoms with Crippen molar-refractivity contribution in [2.24, 2.45) is 0 Å². The fourth-order valence-corrected chi connectivity index (χ4v) is 4.84. The lowest BCUT2D eigenvalue weighted by Crippen LogP contribution is -2.46. The molecule has 0 atom stereocenters. The number of anilines is 1. The van der Waals surface area contributed by atoms with Crippen molar-refractivity contribution < 1.29 is 4.79 Å². The van der Waals surface area contributed by atoms with Crippen LogP contribution in [0.3, 0.4) is 0 Å². The Hall–Kier alpha value is -2.51. The van der Waals surface area contributed by atoms with Crippen LogP contribution in [-0.4, -0.2) is 59.0 Å². The SMILES string of the molecule is CC(C)(C)NC(=O)CN1CCCN(c2ncnc3sc(-c4ccccc4)cc23)CC1. The summed E-state index contributed by atoms with van der Waals surface area (Å²) in [6, 6.07) is 12.6. The summed E-state index contributed by atoms with van der Waals surface area (Å²) in [5.41, 5.74) is 1.01. The molecular formula is C23H29N5OS. The second-order valence-corrected chi connectivity index (χ2v) is 9.84. The summed E-state index contributed by atoms with van der Waals surface area (Å²) < 4.78 is 0. The first-order valence-electron chi connectivity index (χ1n) is 10.5. The van der Waals surface area contributed by atoms with Gasteiger partial charge in [0.2, 0.25) is 5.91 Å². The predicted molar refractivity (Wildman–Crippen MR) is 124 cm³/mol. The fourth-order valence-electron chi connectivity index (χ4n) is 3.84. The minimum atomic E-state index is -0.197. The Kier molecular flexibility index (Phi) is 6.01. The first-order valence-corrected chi connectivity index (χ1v) is 11.3. The van der Waals surface area contributed by atoms with E-state index in [4.69, 9.17) is 0 Å². The summed E-state index contributed by atoms with van der Waals surface area (Å²) in [5, 5.41) is 4.17. The van der Waals surface area contributed by atoms with Crippen LogP contribution in [0.5, 0.6) is 0 Å². The van der Waals surface area contributed by atoms with Gasteiger partial charge in [-0.3, -0.25) is 9.69 Å². The highest BCUT2D eigenvalue weighted by Crippen LogP contribution is 2.36. The lowest BCUT2D eigenvalue weighted by Gasteiger charge is -2.25. The maximum absolute atomic E-state index is 12.3. The number of carbonyl (C=O) groups is 1. The van der Waals surface area contributed by atoms with Crippen molar-refractivity contribution in [2.75, 3.05) is 37.6 Å². The highest BCUT2D eigenvalue weighted by atomic mass is 32.1. The van der Waals surface area contributed by atoms with Gasteiger partial charge in [0.05, 0.1) is 11.9 Å². The molecule has 0 saturated carbocycles. The van der Waals surface area contributed by atoms with Gasteiger partial charge in [-0.15, -0.1) is 11.3 Å². The fraction of sp³-hybridized carbons (Fsp3) is 0.435. The standard InChI is InChI=1S/C23H29N5OS/c1-23(2,3)26-20(29)15-27-10-7-11-28(13-12-27)21-18-14-19(17-8-5-4-6-9-17)30-22(18)25-16-24-21/h4-6,8-9,14,16H,7,10-13,15H2,1-3H3,(H,26,29). The van der Waals surface area contributed by atoms with E-state index < -0.39 is 0 Å². The Labute approximate surface area is 181 Å². The largest absolute Gasteiger partial charge is 0.355 e. The molecule has 0 spiro atoms. The average Bonchev–Trinajstić information content (AvgIpc) is 3.01. The molecule has 4 rings (SSSR count). The quantitative estimate of drug-likeness (QED) is 0.692. The van der Waals surface area contributed by atoms with E-state index >= 15 is 0 Å². The van der Waals surface area contributed by atoms with Gasteiger partial charge in [0.1, 0.15) is 17.0 Å². The van der Waals surface area contributed by atoms with E-state index in [0.717, 1.165) is 48.6 Å². The Balaban J connectivity index is 1.49. The Morgan fingerprint density at radius 1 is 1.10 bits per heavy atom. The summed E-state index contributed by atoms with van der Waals surface area (Å²) in [6.07, 6.45) is 2.67. The van der Waals surface area contributed by atoms with Gasteiger partial charge in [-0.25, -0.2) is 9.97 Å². The molecule has 158 valence electrons. The van der Waals surface area contributed by atoms with Crippen molar-refractivity contribution in [2.45, 2.75) is 32.7 Å². The number of nitrogens with one attached hydrogen (secondary N) is 1. The van der Waals surface area contributed by atoms with Gasteiger partial charge in [-0.05, 0) is 38.8 Å². The molecule has 1 aliphatic rings. The number of thiophene rings is 1. The number of aromatic nitrogens is 2. The molecule has 6 nitrogen and oxygen atoms in total. The number of carbonyl (C=O) groups excluding carboxylic acids is 1. The number of amides is 1. The normalized spacial score (nSPS) is 15.9. The molecule has 1 N–H and O–H groups in total. The van der Waals surface area contributed by atoms with Crippen molar-refractivity contribution in [3.8, 4) is 10.4 Å². The molecule has 2 aromatic heterocycles. The number of rotatable bonds is 4. The van der Waals surface area contributed by atoms with Crippen LogP contribution in [0.2, 0.25) is 0 Å². The summed E-state index contributed by atoms with van der Waals surface area (Å²) in [4.78, 5) is 28.3. The maximum Gasteiger partial charge on any atom is 0.234 e. The first-order chi connectivity index (χ1) is 14.4. The summed E-state index contributed by atoms with van der Waals surface area (Å²) in [7, 11) is 0. The minimum Gasteiger partial charge on any atom is -0.355 e. The van der Waals surface area contributed by atoms with Crippen molar-refractivity contribution in [1.82, 2.24) is 20.2 Å². The van der Waals surface area contributed by atoms with Crippen LogP contribution in [0.4, 0.5) is 5.82 Å². The third-order valence-corrected chi connectivity index (χ3v) is 6.23. The van der Waals surface area contributed by atoms with Crippen LogP contribution in [0.1, 0.15) is 27.2 Å². The van der Waals surface area contributed by atoms with Crippen molar-refractivity contribution in [3.05, 3.63) is 42.7 Å². The molecular weight excluding hydrogens is 394 g/mol. The van der Waals surface area contributed by atoms with E-state index in [2.05, 4.69) is 55.4 Å². The van der Waals surface area contributed by atoms with Crippen molar-refractivity contribution in [1.29, 1.82) is 0 Å². The van der Waals surface area contributed by atoms with E-state index in [1.165, 1.54) is 10.4 Å². The predicted octanol–water partition coefficient (Wildman–Crippen LogP) is 3.79. The van der Waals surface area contributed by atoms with Gasteiger partial charge in [-0.1, -0.05) is 30.3 Å². The van der Waals surface area contributed by atoms with Crippen LogP contribution in [0.25, 0.3) is 20.7 Å². The molecule has 1 aliphatic heterocycles. The molecule has 1 fully saturated rings. The zero-order chi connectivity index (χ0) is 21.1. The van der Waals surface area contributed by atoms with Crippen LogP contribution in [-0.2, 0) is 4.79 Å². The van der Waals surface area contributed by atoms with Gasteiger partial charge in [0, 0.05) is 36.6 Å². The first kappa shape index (κ1) is 20.8. The molecule has 1 amide bonds. The zero-order valence-electron chi connectivity index (χ0n) is 17.9. The van der Waals surface area contributed by atoms with E-state index in [9.17, 15) is 4.79 Å². The van der Waals surface area contributed by atoms with E-state index in [1.807, 2.05) is 26.8 Å². The average molecular weight is 424 g/mol. The lowest BCUT2D eigenvalue weighted by molar-refractivity contribution is -0.123. The molecule has 1 aromatic carbocycles. The van der Waals surface area contributed by atoms with Crippen molar-refractivity contribution in [3.63, 3.8) is 0 Å². The Morgan fingerprint density at radius 2 is 1.90 bits per heavy atom. The molecule has 0 unspecified atom stereocenters. The van der Waals surface area contributed by atoms with E-state index in [0.29, 0.717) is 6.54 Å². The number of fused-ring (bicyclic) bond motifs is 1. The molecule has 0 radical (unpaired) electrons.